The Kier molecular flexibility index (Phi) is 7.04. The number of hydrogen-bond acceptors (Lipinski definition) is 5. The normalized spacial score (nSPS) is 12.3. The van der Waals surface area contributed by atoms with E-state index in [0.717, 1.165) is 22.4 Å². The van der Waals surface area contributed by atoms with Gasteiger partial charge in [-0.05, 0) is 28.5 Å². The van der Waals surface area contributed by atoms with Crippen LogP contribution in [0.4, 0.5) is 13.2 Å². The van der Waals surface area contributed by atoms with Crippen molar-refractivity contribution in [3.63, 3.8) is 0 Å². The molecule has 0 radical (unpaired) electrons. The lowest BCUT2D eigenvalue weighted by molar-refractivity contribution is -0.137. The zero-order valence-electron chi connectivity index (χ0n) is 18.0. The molecule has 0 atom stereocenters. The topological polar surface area (TPSA) is 66.1 Å². The number of hydrogen-bond donors (Lipinski definition) is 0. The maximum atomic E-state index is 13.1. The first-order valence-corrected chi connectivity index (χ1v) is 10.9. The Hall–Kier alpha value is -2.72. The van der Waals surface area contributed by atoms with Gasteiger partial charge < -0.3 is 4.74 Å². The van der Waals surface area contributed by atoms with Crippen molar-refractivity contribution in [1.82, 2.24) is 14.3 Å². The maximum Gasteiger partial charge on any atom is 0.416 e. The monoisotopic (exact) mass is 467 g/mol. The van der Waals surface area contributed by atoms with Crippen molar-refractivity contribution in [2.45, 2.75) is 44.9 Å². The van der Waals surface area contributed by atoms with Crippen LogP contribution in [0.25, 0.3) is 11.4 Å². The fraction of sp³-hybridized carbons (Fsp3) is 0.409. The molecule has 172 valence electrons. The average Bonchev–Trinajstić information content (AvgIpc) is 3.34. The summed E-state index contributed by atoms with van der Waals surface area (Å²) in [6.45, 7) is 3.73. The fourth-order valence-electron chi connectivity index (χ4n) is 3.47. The first-order chi connectivity index (χ1) is 15.0. The molecule has 1 aromatic carbocycles. The summed E-state index contributed by atoms with van der Waals surface area (Å²) in [4.78, 5) is 25.7. The number of halogens is 3. The van der Waals surface area contributed by atoms with Crippen LogP contribution in [0.5, 0.6) is 0 Å². The number of alkyl halides is 3. The molecule has 0 aliphatic heterocycles. The average molecular weight is 468 g/mol. The third kappa shape index (κ3) is 5.36. The van der Waals surface area contributed by atoms with Crippen LogP contribution in [0.2, 0.25) is 0 Å². The minimum Gasteiger partial charge on any atom is -0.383 e. The SMILES string of the molecule is COCCn1c(-c2ccsc2)nn(CC(=O)CC(C)(C)c2cccc(C(F)(F)F)c2)c1=O. The second-order valence-corrected chi connectivity index (χ2v) is 8.88. The Balaban J connectivity index is 1.82. The second kappa shape index (κ2) is 9.41. The van der Waals surface area contributed by atoms with Gasteiger partial charge in [-0.3, -0.25) is 9.36 Å². The standard InChI is InChI=1S/C22H24F3N3O3S/c1-21(2,16-5-4-6-17(11-16)22(23,24)25)12-18(29)13-28-20(30)27(8-9-31-3)19(26-28)15-7-10-32-14-15/h4-7,10-11,14H,8-9,12-13H2,1-3H3. The number of thiophene rings is 1. The van der Waals surface area contributed by atoms with E-state index in [9.17, 15) is 22.8 Å². The van der Waals surface area contributed by atoms with Gasteiger partial charge in [0, 0.05) is 24.5 Å². The van der Waals surface area contributed by atoms with Gasteiger partial charge in [0.1, 0.15) is 6.54 Å². The molecule has 0 N–H and O–H groups in total. The fourth-order valence-corrected chi connectivity index (χ4v) is 4.10. The number of nitrogens with zero attached hydrogens (tertiary/aromatic N) is 3. The van der Waals surface area contributed by atoms with Crippen LogP contribution in [-0.4, -0.2) is 33.8 Å². The van der Waals surface area contributed by atoms with E-state index in [-0.39, 0.29) is 25.3 Å². The van der Waals surface area contributed by atoms with Crippen LogP contribution in [0.15, 0.2) is 45.9 Å². The second-order valence-electron chi connectivity index (χ2n) is 8.10. The highest BCUT2D eigenvalue weighted by Crippen LogP contribution is 2.34. The highest BCUT2D eigenvalue weighted by molar-refractivity contribution is 7.08. The molecule has 0 unspecified atom stereocenters. The number of methoxy groups -OCH3 is 1. The lowest BCUT2D eigenvalue weighted by Gasteiger charge is -2.25. The third-order valence-corrected chi connectivity index (χ3v) is 5.84. The summed E-state index contributed by atoms with van der Waals surface area (Å²) >= 11 is 1.46. The Morgan fingerprint density at radius 3 is 2.53 bits per heavy atom. The number of carbonyl (C=O) groups is 1. The van der Waals surface area contributed by atoms with Crippen molar-refractivity contribution in [3.8, 4) is 11.4 Å². The van der Waals surface area contributed by atoms with Gasteiger partial charge in [0.25, 0.3) is 0 Å². The van der Waals surface area contributed by atoms with Gasteiger partial charge in [-0.15, -0.1) is 5.10 Å². The van der Waals surface area contributed by atoms with Gasteiger partial charge >= 0.3 is 11.9 Å². The van der Waals surface area contributed by atoms with Crippen LogP contribution < -0.4 is 5.69 Å². The van der Waals surface area contributed by atoms with E-state index in [1.165, 1.54) is 29.1 Å². The van der Waals surface area contributed by atoms with Crippen molar-refractivity contribution in [2.75, 3.05) is 13.7 Å². The number of carbonyl (C=O) groups excluding carboxylic acids is 1. The number of benzene rings is 1. The molecular formula is C22H24F3N3O3S. The Morgan fingerprint density at radius 1 is 1.19 bits per heavy atom. The number of Topliss-reactive ketones (excluding diaryl/α,β-unsaturated/α-hetero) is 1. The van der Waals surface area contributed by atoms with Gasteiger partial charge in [0.05, 0.1) is 18.7 Å². The smallest absolute Gasteiger partial charge is 0.383 e. The molecule has 0 spiro atoms. The van der Waals surface area contributed by atoms with Crippen LogP contribution in [0, 0.1) is 0 Å². The molecule has 2 aromatic heterocycles. The molecule has 3 aromatic rings. The quantitative estimate of drug-likeness (QED) is 0.469. The summed E-state index contributed by atoms with van der Waals surface area (Å²) in [6, 6.07) is 6.80. The van der Waals surface area contributed by atoms with Crippen molar-refractivity contribution >= 4 is 17.1 Å². The molecule has 0 aliphatic rings. The van der Waals surface area contributed by atoms with E-state index in [4.69, 9.17) is 4.74 Å². The van der Waals surface area contributed by atoms with Gasteiger partial charge in [-0.25, -0.2) is 9.48 Å². The van der Waals surface area contributed by atoms with E-state index >= 15 is 0 Å². The predicted octanol–water partition coefficient (Wildman–Crippen LogP) is 4.38. The van der Waals surface area contributed by atoms with Crippen LogP contribution in [0.3, 0.4) is 0 Å². The predicted molar refractivity (Wildman–Crippen MR) is 116 cm³/mol. The minimum absolute atomic E-state index is 0.0422. The molecule has 3 rings (SSSR count). The molecular weight excluding hydrogens is 443 g/mol. The number of ketones is 1. The molecule has 6 nitrogen and oxygen atoms in total. The zero-order chi connectivity index (χ0) is 23.5. The van der Waals surface area contributed by atoms with E-state index in [0.29, 0.717) is 18.0 Å². The van der Waals surface area contributed by atoms with Crippen molar-refractivity contribution < 1.29 is 22.7 Å². The van der Waals surface area contributed by atoms with Crippen LogP contribution in [-0.2, 0) is 34.2 Å². The molecule has 0 bridgehead atoms. The van der Waals surface area contributed by atoms with Crippen molar-refractivity contribution in [3.05, 3.63) is 62.7 Å². The third-order valence-electron chi connectivity index (χ3n) is 5.16. The molecule has 0 fully saturated rings. The van der Waals surface area contributed by atoms with Crippen LogP contribution >= 0.6 is 11.3 Å². The van der Waals surface area contributed by atoms with Crippen molar-refractivity contribution in [1.29, 1.82) is 0 Å². The molecule has 0 saturated heterocycles. The van der Waals surface area contributed by atoms with E-state index in [1.807, 2.05) is 16.8 Å². The first kappa shape index (κ1) is 23.9. The summed E-state index contributed by atoms with van der Waals surface area (Å²) < 4.78 is 46.8. The lowest BCUT2D eigenvalue weighted by Crippen LogP contribution is -2.31. The van der Waals surface area contributed by atoms with E-state index < -0.39 is 22.8 Å². The molecule has 0 saturated carbocycles. The Labute approximate surface area is 187 Å². The molecule has 0 amide bonds. The highest BCUT2D eigenvalue weighted by Gasteiger charge is 2.33. The minimum atomic E-state index is -4.46. The van der Waals surface area contributed by atoms with E-state index in [2.05, 4.69) is 5.10 Å². The summed E-state index contributed by atoms with van der Waals surface area (Å²) in [5.74, 6) is 0.140. The summed E-state index contributed by atoms with van der Waals surface area (Å²) in [6.07, 6.45) is -4.50. The van der Waals surface area contributed by atoms with Gasteiger partial charge in [-0.1, -0.05) is 32.0 Å². The van der Waals surface area contributed by atoms with Gasteiger partial charge in [0.15, 0.2) is 11.6 Å². The first-order valence-electron chi connectivity index (χ1n) is 9.91. The summed E-state index contributed by atoms with van der Waals surface area (Å²) in [5.41, 5.74) is -0.884. The van der Waals surface area contributed by atoms with Crippen molar-refractivity contribution in [2.24, 2.45) is 0 Å². The highest BCUT2D eigenvalue weighted by atomic mass is 32.1. The molecule has 0 aliphatic carbocycles. The number of rotatable bonds is 9. The lowest BCUT2D eigenvalue weighted by atomic mass is 9.79. The summed E-state index contributed by atoms with van der Waals surface area (Å²) in [5, 5.41) is 8.06. The Bertz CT molecular complexity index is 1130. The maximum absolute atomic E-state index is 13.1. The zero-order valence-corrected chi connectivity index (χ0v) is 18.8. The molecule has 2 heterocycles. The largest absolute Gasteiger partial charge is 0.416 e. The van der Waals surface area contributed by atoms with Gasteiger partial charge in [-0.2, -0.15) is 24.5 Å². The Morgan fingerprint density at radius 2 is 1.91 bits per heavy atom. The molecule has 32 heavy (non-hydrogen) atoms. The van der Waals surface area contributed by atoms with Crippen LogP contribution in [0.1, 0.15) is 31.4 Å². The number of ether oxygens (including phenoxy) is 1. The molecule has 10 heteroatoms. The summed E-state index contributed by atoms with van der Waals surface area (Å²) in [7, 11) is 1.53. The van der Waals surface area contributed by atoms with E-state index in [1.54, 1.807) is 19.9 Å². The number of aromatic nitrogens is 3. The van der Waals surface area contributed by atoms with Gasteiger partial charge in [0.2, 0.25) is 0 Å².